The van der Waals surface area contributed by atoms with Crippen LogP contribution in [0.2, 0.25) is 0 Å². The highest BCUT2D eigenvalue weighted by molar-refractivity contribution is 9.10. The van der Waals surface area contributed by atoms with Gasteiger partial charge in [-0.1, -0.05) is 35.0 Å². The summed E-state index contributed by atoms with van der Waals surface area (Å²) in [6.07, 6.45) is 0.867. The molecule has 0 radical (unpaired) electrons. The first-order valence-corrected chi connectivity index (χ1v) is 7.48. The van der Waals surface area contributed by atoms with Crippen LogP contribution in [0, 0.1) is 0 Å². The van der Waals surface area contributed by atoms with E-state index >= 15 is 0 Å². The molecule has 0 aliphatic heterocycles. The van der Waals surface area contributed by atoms with Crippen LogP contribution in [0.4, 0.5) is 5.82 Å². The average molecular weight is 335 g/mol. The first-order valence-electron chi connectivity index (χ1n) is 6.68. The molecule has 4 heteroatoms. The third kappa shape index (κ3) is 3.81. The van der Waals surface area contributed by atoms with Crippen LogP contribution in [0.25, 0.3) is 0 Å². The zero-order chi connectivity index (χ0) is 14.5. The van der Waals surface area contributed by atoms with E-state index in [-0.39, 0.29) is 6.61 Å². The molecule has 0 saturated heterocycles. The van der Waals surface area contributed by atoms with Crippen molar-refractivity contribution in [2.75, 3.05) is 11.9 Å². The smallest absolute Gasteiger partial charge is 0.129 e. The molecule has 1 aromatic heterocycles. The van der Waals surface area contributed by atoms with Crippen molar-refractivity contribution in [2.24, 2.45) is 0 Å². The molecule has 0 aliphatic carbocycles. The lowest BCUT2D eigenvalue weighted by Gasteiger charge is -2.20. The number of aromatic nitrogens is 1. The molecule has 1 aromatic carbocycles. The topological polar surface area (TPSA) is 36.4 Å². The minimum atomic E-state index is 0.0489. The van der Waals surface area contributed by atoms with Crippen molar-refractivity contribution in [2.45, 2.75) is 26.5 Å². The summed E-state index contributed by atoms with van der Waals surface area (Å²) in [6.45, 7) is 2.90. The average Bonchev–Trinajstić information content (AvgIpc) is 2.46. The Kier molecular flexibility index (Phi) is 5.15. The Bertz CT molecular complexity index is 564. The van der Waals surface area contributed by atoms with Crippen molar-refractivity contribution in [1.82, 2.24) is 4.98 Å². The van der Waals surface area contributed by atoms with Crippen LogP contribution < -0.4 is 4.90 Å². The van der Waals surface area contributed by atoms with Gasteiger partial charge in [0.05, 0.1) is 6.61 Å². The molecule has 20 heavy (non-hydrogen) atoms. The molecule has 106 valence electrons. The van der Waals surface area contributed by atoms with Crippen molar-refractivity contribution < 1.29 is 5.11 Å². The van der Waals surface area contributed by atoms with Gasteiger partial charge in [-0.15, -0.1) is 0 Å². The van der Waals surface area contributed by atoms with Gasteiger partial charge in [-0.05, 0) is 41.8 Å². The fraction of sp³-hybridized carbons (Fsp3) is 0.312. The number of hydrogen-bond donors (Lipinski definition) is 1. The van der Waals surface area contributed by atoms with Crippen LogP contribution in [0.15, 0.2) is 40.9 Å². The highest BCUT2D eigenvalue weighted by atomic mass is 79.9. The van der Waals surface area contributed by atoms with Crippen molar-refractivity contribution in [3.63, 3.8) is 0 Å². The van der Waals surface area contributed by atoms with Crippen molar-refractivity contribution in [3.05, 3.63) is 57.7 Å². The predicted octanol–water partition coefficient (Wildman–Crippen LogP) is 3.54. The summed E-state index contributed by atoms with van der Waals surface area (Å²) in [6, 6.07) is 12.1. The summed E-state index contributed by atoms with van der Waals surface area (Å²) in [5.41, 5.74) is 3.14. The van der Waals surface area contributed by atoms with Crippen LogP contribution >= 0.6 is 15.9 Å². The second-order valence-electron chi connectivity index (χ2n) is 4.82. The molecule has 0 bridgehead atoms. The summed E-state index contributed by atoms with van der Waals surface area (Å²) in [5, 5.41) is 9.34. The minimum absolute atomic E-state index is 0.0489. The van der Waals surface area contributed by atoms with Gasteiger partial charge in [-0.3, -0.25) is 0 Å². The van der Waals surface area contributed by atoms with Crippen molar-refractivity contribution >= 4 is 21.7 Å². The van der Waals surface area contributed by atoms with Crippen LogP contribution in [-0.4, -0.2) is 17.1 Å². The lowest BCUT2D eigenvalue weighted by Crippen LogP contribution is -2.18. The molecule has 0 unspecified atom stereocenters. The molecule has 0 fully saturated rings. The molecule has 1 N–H and O–H groups in total. The van der Waals surface area contributed by atoms with E-state index in [2.05, 4.69) is 44.9 Å². The van der Waals surface area contributed by atoms with Crippen LogP contribution in [0.5, 0.6) is 0 Å². The monoisotopic (exact) mass is 334 g/mol. The zero-order valence-electron chi connectivity index (χ0n) is 11.8. The van der Waals surface area contributed by atoms with Crippen LogP contribution in [0.1, 0.15) is 23.7 Å². The van der Waals surface area contributed by atoms with Gasteiger partial charge >= 0.3 is 0 Å². The summed E-state index contributed by atoms with van der Waals surface area (Å²) in [5.74, 6) is 0.897. The number of aliphatic hydroxyl groups is 1. The van der Waals surface area contributed by atoms with E-state index in [1.807, 2.05) is 31.3 Å². The number of pyridine rings is 1. The zero-order valence-corrected chi connectivity index (χ0v) is 13.4. The molecule has 1 heterocycles. The molecular formula is C16H19BrN2O. The predicted molar refractivity (Wildman–Crippen MR) is 85.8 cm³/mol. The molecule has 0 saturated carbocycles. The molecule has 0 aliphatic rings. The number of rotatable bonds is 5. The van der Waals surface area contributed by atoms with Gasteiger partial charge in [0.25, 0.3) is 0 Å². The van der Waals surface area contributed by atoms with Gasteiger partial charge in [-0.2, -0.15) is 0 Å². The molecule has 0 amide bonds. The normalized spacial score (nSPS) is 10.6. The van der Waals surface area contributed by atoms with Gasteiger partial charge in [0.2, 0.25) is 0 Å². The number of halogens is 1. The van der Waals surface area contributed by atoms with E-state index in [4.69, 9.17) is 0 Å². The quantitative estimate of drug-likeness (QED) is 0.908. The third-order valence-electron chi connectivity index (χ3n) is 3.17. The Balaban J connectivity index is 2.22. The number of aliphatic hydroxyl groups excluding tert-OH is 1. The Morgan fingerprint density at radius 3 is 2.65 bits per heavy atom. The van der Waals surface area contributed by atoms with E-state index in [1.54, 1.807) is 0 Å². The number of hydrogen-bond acceptors (Lipinski definition) is 3. The van der Waals surface area contributed by atoms with Gasteiger partial charge in [0.1, 0.15) is 5.82 Å². The fourth-order valence-electron chi connectivity index (χ4n) is 2.09. The second kappa shape index (κ2) is 6.86. The Labute approximate surface area is 128 Å². The van der Waals surface area contributed by atoms with Gasteiger partial charge < -0.3 is 10.0 Å². The standard InChI is InChI=1S/C16H19BrN2O/c1-3-15-8-13(11-20)9-16(18-15)19(2)10-12-5-4-6-14(17)7-12/h4-9,20H,3,10-11H2,1-2H3. The van der Waals surface area contributed by atoms with Crippen LogP contribution in [0.3, 0.4) is 0 Å². The number of benzene rings is 1. The fourth-order valence-corrected chi connectivity index (χ4v) is 2.54. The molecular weight excluding hydrogens is 316 g/mol. The number of aryl methyl sites for hydroxylation is 1. The summed E-state index contributed by atoms with van der Waals surface area (Å²) < 4.78 is 1.08. The van der Waals surface area contributed by atoms with E-state index in [1.165, 1.54) is 5.56 Å². The highest BCUT2D eigenvalue weighted by Crippen LogP contribution is 2.18. The summed E-state index contributed by atoms with van der Waals surface area (Å²) >= 11 is 3.49. The Morgan fingerprint density at radius 1 is 1.20 bits per heavy atom. The first kappa shape index (κ1) is 15.0. The van der Waals surface area contributed by atoms with E-state index in [0.29, 0.717) is 0 Å². The molecule has 0 spiro atoms. The Hall–Kier alpha value is -1.39. The van der Waals surface area contributed by atoms with E-state index in [0.717, 1.165) is 34.5 Å². The summed E-state index contributed by atoms with van der Waals surface area (Å²) in [4.78, 5) is 6.72. The highest BCUT2D eigenvalue weighted by Gasteiger charge is 2.07. The molecule has 2 rings (SSSR count). The molecule has 0 atom stereocenters. The minimum Gasteiger partial charge on any atom is -0.392 e. The lowest BCUT2D eigenvalue weighted by atomic mass is 10.2. The number of anilines is 1. The largest absolute Gasteiger partial charge is 0.392 e. The van der Waals surface area contributed by atoms with E-state index < -0.39 is 0 Å². The van der Waals surface area contributed by atoms with Crippen LogP contribution in [-0.2, 0) is 19.6 Å². The maximum Gasteiger partial charge on any atom is 0.129 e. The summed E-state index contributed by atoms with van der Waals surface area (Å²) in [7, 11) is 2.02. The van der Waals surface area contributed by atoms with Crippen molar-refractivity contribution in [1.29, 1.82) is 0 Å². The Morgan fingerprint density at radius 2 is 2.00 bits per heavy atom. The number of nitrogens with zero attached hydrogens (tertiary/aromatic N) is 2. The van der Waals surface area contributed by atoms with Gasteiger partial charge in [0, 0.05) is 23.8 Å². The van der Waals surface area contributed by atoms with Gasteiger partial charge in [0.15, 0.2) is 0 Å². The second-order valence-corrected chi connectivity index (χ2v) is 5.74. The molecule has 2 aromatic rings. The molecule has 3 nitrogen and oxygen atoms in total. The van der Waals surface area contributed by atoms with E-state index in [9.17, 15) is 5.11 Å². The maximum atomic E-state index is 9.34. The lowest BCUT2D eigenvalue weighted by molar-refractivity contribution is 0.281. The SMILES string of the molecule is CCc1cc(CO)cc(N(C)Cc2cccc(Br)c2)n1. The van der Waals surface area contributed by atoms with Gasteiger partial charge in [-0.25, -0.2) is 4.98 Å². The maximum absolute atomic E-state index is 9.34. The van der Waals surface area contributed by atoms with Crippen molar-refractivity contribution in [3.8, 4) is 0 Å². The third-order valence-corrected chi connectivity index (χ3v) is 3.66. The first-order chi connectivity index (χ1) is 9.62.